The number of carbonyl (C=O) groups is 9. The summed E-state index contributed by atoms with van der Waals surface area (Å²) >= 11 is 0. The lowest BCUT2D eigenvalue weighted by molar-refractivity contribution is -0.267. The van der Waals surface area contributed by atoms with Crippen molar-refractivity contribution in [1.82, 2.24) is 0 Å². The maximum atomic E-state index is 12.9. The summed E-state index contributed by atoms with van der Waals surface area (Å²) in [6.45, 7) is 38.5. The Labute approximate surface area is 680 Å². The molecule has 14 saturated carbocycles. The van der Waals surface area contributed by atoms with Crippen LogP contribution in [0, 0.1) is 85.8 Å². The Hall–Kier alpha value is -4.93. The Morgan fingerprint density at radius 2 is 0.860 bits per heavy atom. The van der Waals surface area contributed by atoms with E-state index in [9.17, 15) is 48.3 Å². The first-order valence-corrected chi connectivity index (χ1v) is 44.8. The molecule has 0 aromatic carbocycles. The molecule has 114 heavy (non-hydrogen) atoms. The summed E-state index contributed by atoms with van der Waals surface area (Å²) in [5, 5.41) is 10.6. The Morgan fingerprint density at radius 3 is 1.27 bits per heavy atom. The Balaban J connectivity index is 0.000000139. The molecule has 0 spiro atoms. The molecule has 19 rings (SSSR count). The molecule has 14 bridgehead atoms. The maximum Gasteiger partial charge on any atom is 0.508 e. The van der Waals surface area contributed by atoms with Gasteiger partial charge in [0.25, 0.3) is 0 Å². The van der Waals surface area contributed by atoms with Gasteiger partial charge in [-0.15, -0.1) is 0 Å². The monoisotopic (exact) mass is 1600 g/mol. The highest BCUT2D eigenvalue weighted by Gasteiger charge is 2.67. The zero-order chi connectivity index (χ0) is 83.4. The van der Waals surface area contributed by atoms with E-state index in [4.69, 9.17) is 47.4 Å². The van der Waals surface area contributed by atoms with E-state index in [1.54, 1.807) is 13.8 Å². The minimum atomic E-state index is -0.703. The summed E-state index contributed by atoms with van der Waals surface area (Å²) in [7, 11) is 0. The van der Waals surface area contributed by atoms with E-state index in [1.807, 2.05) is 90.0 Å². The average Bonchev–Trinajstić information content (AvgIpc) is 1.43. The molecule has 14 aliphatic carbocycles. The first kappa shape index (κ1) is 89.8. The predicted molar refractivity (Wildman–Crippen MR) is 424 cm³/mol. The number of esters is 8. The molecule has 5 aliphatic heterocycles. The van der Waals surface area contributed by atoms with Crippen LogP contribution in [0.15, 0.2) is 0 Å². The van der Waals surface area contributed by atoms with Crippen molar-refractivity contribution in [3.63, 3.8) is 0 Å². The van der Waals surface area contributed by atoms with Crippen LogP contribution in [-0.4, -0.2) is 149 Å². The van der Waals surface area contributed by atoms with Crippen molar-refractivity contribution in [3.8, 4) is 0 Å². The molecule has 19 fully saturated rings. The third-order valence-electron chi connectivity index (χ3n) is 31.4. The molecule has 0 radical (unpaired) electrons. The van der Waals surface area contributed by atoms with Crippen molar-refractivity contribution in [3.05, 3.63) is 0 Å². The first-order chi connectivity index (χ1) is 53.2. The summed E-state index contributed by atoms with van der Waals surface area (Å²) in [6.07, 6.45) is 34.2. The number of hydrogen-bond acceptors (Lipinski definition) is 22. The average molecular weight is 1600 g/mol. The normalized spacial score (nSPS) is 38.1. The van der Waals surface area contributed by atoms with Crippen LogP contribution in [0.3, 0.4) is 0 Å². The number of rotatable bonds is 23. The Morgan fingerprint density at radius 1 is 0.456 bits per heavy atom. The third kappa shape index (κ3) is 19.6. The zero-order valence-corrected chi connectivity index (χ0v) is 73.3. The van der Waals surface area contributed by atoms with Gasteiger partial charge in [0.05, 0.1) is 79.9 Å². The van der Waals surface area contributed by atoms with Crippen LogP contribution in [0.25, 0.3) is 0 Å². The lowest BCUT2D eigenvalue weighted by Gasteiger charge is -2.62. The van der Waals surface area contributed by atoms with Crippen molar-refractivity contribution in [2.75, 3.05) is 19.8 Å². The number of carbonyl (C=O) groups excluding carboxylic acids is 9. The van der Waals surface area contributed by atoms with Crippen molar-refractivity contribution >= 4 is 53.9 Å². The molecule has 14 unspecified atom stereocenters. The molecular formula is C92H146O22. The number of aliphatic hydroxyl groups is 1. The molecule has 0 aromatic heterocycles. The minimum absolute atomic E-state index is 0.00294. The second kappa shape index (κ2) is 33.9. The van der Waals surface area contributed by atoms with E-state index < -0.39 is 58.3 Å². The van der Waals surface area contributed by atoms with Gasteiger partial charge in [-0.2, -0.15) is 0 Å². The minimum Gasteiger partial charge on any atom is -0.461 e. The fourth-order valence-electron chi connectivity index (χ4n) is 23.1. The molecule has 5 saturated heterocycles. The second-order valence-electron chi connectivity index (χ2n) is 42.5. The van der Waals surface area contributed by atoms with E-state index >= 15 is 0 Å². The smallest absolute Gasteiger partial charge is 0.461 e. The standard InChI is InChI=1S/C24H40O3.C23H38O3.C16H26O3.C13H18O5.C10H16O5.C6H8O3/c1-5-21(3,4)20(25)27-24-14-18-11-19(15-24)13-22(12-18,16-24)17-26-23(6-2)9-7-8-10-23;1-5-20(3,4)19(24)25-22-12-17-11-18(13-22)15-23(14-17,16-22)26-21(6-2)9-7-8-10-21;1-4-14(2,3)13(17)19-16-8-11-5-12(9-16)7-15(18,6-11)10-16;1-4-13(2,3)12(15)18-9-7-5-6-8(16-7)10(9)17-11(6)14;1-4-10(2,3)8(11)13-5-7-6-14-9(12)15-7;1-3-4(2)6(8)9-5(3)7/h18-19H,5-17H2,1-4H3;17-18H,5-16H2,1-4H3;11-12,18H,4-10H2,1-3H3;6-10H,4-5H2,1-3H3;7H,4-6H2,1-3H3;3-4H,1-2H3. The van der Waals surface area contributed by atoms with Gasteiger partial charge in [0, 0.05) is 12.8 Å². The molecule has 19 aliphatic rings. The zero-order valence-electron chi connectivity index (χ0n) is 73.3. The topological polar surface area (TPSA) is 285 Å². The summed E-state index contributed by atoms with van der Waals surface area (Å²) in [5.74, 6) is 1.71. The molecule has 22 nitrogen and oxygen atoms in total. The van der Waals surface area contributed by atoms with E-state index in [2.05, 4.69) is 37.2 Å². The van der Waals surface area contributed by atoms with Gasteiger partial charge in [-0.05, 0) is 290 Å². The van der Waals surface area contributed by atoms with Crippen molar-refractivity contribution in [2.24, 2.45) is 85.8 Å². The van der Waals surface area contributed by atoms with Crippen LogP contribution in [0.1, 0.15) is 350 Å². The molecule has 646 valence electrons. The third-order valence-corrected chi connectivity index (χ3v) is 31.4. The largest absolute Gasteiger partial charge is 0.508 e. The quantitative estimate of drug-likeness (QED) is 0.0565. The summed E-state index contributed by atoms with van der Waals surface area (Å²) in [6, 6.07) is 0. The van der Waals surface area contributed by atoms with Crippen molar-refractivity contribution < 1.29 is 105 Å². The molecule has 0 amide bonds. The van der Waals surface area contributed by atoms with Gasteiger partial charge < -0.3 is 61.9 Å². The first-order valence-electron chi connectivity index (χ1n) is 44.8. The fraction of sp³-hybridized carbons (Fsp3) is 0.902. The maximum absolute atomic E-state index is 12.9. The van der Waals surface area contributed by atoms with E-state index in [1.165, 1.54) is 96.3 Å². The lowest BCUT2D eigenvalue weighted by atomic mass is 9.48. The number of hydrogen-bond donors (Lipinski definition) is 1. The van der Waals surface area contributed by atoms with Crippen LogP contribution < -0.4 is 0 Å². The van der Waals surface area contributed by atoms with Crippen LogP contribution in [0.4, 0.5) is 4.79 Å². The fourth-order valence-corrected chi connectivity index (χ4v) is 23.1. The molecule has 22 heteroatoms. The summed E-state index contributed by atoms with van der Waals surface area (Å²) in [5.41, 5.74) is -3.07. The van der Waals surface area contributed by atoms with Gasteiger partial charge in [-0.3, -0.25) is 38.4 Å². The number of ether oxygens (including phenoxy) is 12. The van der Waals surface area contributed by atoms with Crippen LogP contribution >= 0.6 is 0 Å². The van der Waals surface area contributed by atoms with Crippen LogP contribution in [-0.2, 0) is 95.2 Å². The molecule has 1 N–H and O–H groups in total. The van der Waals surface area contributed by atoms with Gasteiger partial charge in [0.1, 0.15) is 36.1 Å². The Bertz CT molecular complexity index is 3420. The highest BCUT2D eigenvalue weighted by Crippen LogP contribution is 2.66. The van der Waals surface area contributed by atoms with Crippen LogP contribution in [0.2, 0.25) is 0 Å². The highest BCUT2D eigenvalue weighted by atomic mass is 16.8. The van der Waals surface area contributed by atoms with Gasteiger partial charge >= 0.3 is 53.9 Å². The Kier molecular flexibility index (Phi) is 26.7. The van der Waals surface area contributed by atoms with Crippen molar-refractivity contribution in [1.29, 1.82) is 0 Å². The van der Waals surface area contributed by atoms with E-state index in [-0.39, 0.29) is 129 Å². The molecule has 14 atom stereocenters. The lowest BCUT2D eigenvalue weighted by Crippen LogP contribution is -2.63. The SMILES string of the molecule is CC1C(=O)OC(=O)C1C.CCC(C)(C)C(=O)OC12CC3CC(CC(O)(C3)C1)C2.CCC(C)(C)C(=O)OC1C2CC3C(=O)OC1C3O2.CCC(C)(C)C(=O)OCC1COC(=O)O1.CCC1(OC23CC4CC(CC(OC(=O)C(C)(C)CC)(C4)C2)C3)CCCC1.CCC1(OCC23CC4CC(C2)CC(OC(=O)C(C)(C)CC)(C4)C3)CCCC1. The highest BCUT2D eigenvalue weighted by molar-refractivity contribution is 5.96. The number of cyclic esters (lactones) is 4. The van der Waals surface area contributed by atoms with Gasteiger partial charge in [-0.1, -0.05) is 88.0 Å². The van der Waals surface area contributed by atoms with Crippen LogP contribution in [0.5, 0.6) is 0 Å². The van der Waals surface area contributed by atoms with Gasteiger partial charge in [0.15, 0.2) is 18.3 Å². The van der Waals surface area contributed by atoms with E-state index in [0.717, 1.165) is 115 Å². The van der Waals surface area contributed by atoms with Gasteiger partial charge in [0.2, 0.25) is 0 Å². The second-order valence-corrected chi connectivity index (χ2v) is 42.5. The molecule has 5 heterocycles. The van der Waals surface area contributed by atoms with Crippen molar-refractivity contribution in [2.45, 2.75) is 420 Å². The summed E-state index contributed by atoms with van der Waals surface area (Å²) < 4.78 is 67.6. The molecular weight excluding hydrogens is 1460 g/mol. The number of fused-ring (bicyclic) bond motifs is 1. The van der Waals surface area contributed by atoms with Gasteiger partial charge in [-0.25, -0.2) is 4.79 Å². The van der Waals surface area contributed by atoms with E-state index in [0.29, 0.717) is 49.4 Å². The molecule has 0 aromatic rings. The summed E-state index contributed by atoms with van der Waals surface area (Å²) in [4.78, 5) is 105. The predicted octanol–water partition coefficient (Wildman–Crippen LogP) is 17.8.